The maximum absolute atomic E-state index is 11.7. The van der Waals surface area contributed by atoms with Crippen molar-refractivity contribution < 1.29 is 9.78 Å². The fraction of sp³-hybridized carbons (Fsp3) is 0.0667. The number of aromatic nitrogens is 1. The van der Waals surface area contributed by atoms with Gasteiger partial charge >= 0.3 is 0 Å². The highest BCUT2D eigenvalue weighted by atomic mass is 35.5. The first-order valence-corrected chi connectivity index (χ1v) is 6.77. The number of pyridine rings is 1. The van der Waals surface area contributed by atoms with Gasteiger partial charge < -0.3 is 5.32 Å². The first-order valence-electron chi connectivity index (χ1n) is 6.02. The molecule has 5 heteroatoms. The highest BCUT2D eigenvalue weighted by molar-refractivity contribution is 6.35. The van der Waals surface area contributed by atoms with Crippen LogP contribution in [0.4, 0.5) is 0 Å². The minimum absolute atomic E-state index is 0.187. The number of benzene rings is 1. The minimum Gasteiger partial charge on any atom is -0.342 e. The van der Waals surface area contributed by atoms with Crippen molar-refractivity contribution in [3.8, 4) is 0 Å². The van der Waals surface area contributed by atoms with Gasteiger partial charge in [-0.3, -0.25) is 4.79 Å². The van der Waals surface area contributed by atoms with E-state index in [-0.39, 0.29) is 5.91 Å². The van der Waals surface area contributed by atoms with Crippen LogP contribution in [0.1, 0.15) is 11.3 Å². The third-order valence-electron chi connectivity index (χ3n) is 2.60. The van der Waals surface area contributed by atoms with E-state index in [0.29, 0.717) is 16.6 Å². The van der Waals surface area contributed by atoms with Crippen LogP contribution >= 0.6 is 23.2 Å². The Kier molecular flexibility index (Phi) is 5.16. The van der Waals surface area contributed by atoms with Crippen LogP contribution in [-0.2, 0) is 11.3 Å². The van der Waals surface area contributed by atoms with Crippen LogP contribution in [-0.4, -0.2) is 5.91 Å². The Hall–Kier alpha value is -1.84. The molecule has 0 atom stereocenters. The first kappa shape index (κ1) is 14.6. The summed E-state index contributed by atoms with van der Waals surface area (Å²) in [5.41, 5.74) is 1.68. The van der Waals surface area contributed by atoms with E-state index in [0.717, 1.165) is 11.3 Å². The summed E-state index contributed by atoms with van der Waals surface area (Å²) in [4.78, 5) is 14.7. The number of rotatable bonds is 4. The van der Waals surface area contributed by atoms with Gasteiger partial charge in [0.1, 0.15) is 6.54 Å². The number of H-pyrrole nitrogens is 1. The summed E-state index contributed by atoms with van der Waals surface area (Å²) >= 11 is 11.8. The number of hydrogen-bond donors (Lipinski definition) is 1. The van der Waals surface area contributed by atoms with Gasteiger partial charge in [0.25, 0.3) is 0 Å². The van der Waals surface area contributed by atoms with Crippen LogP contribution in [0.15, 0.2) is 48.7 Å². The number of halogens is 2. The number of aromatic amines is 1. The third kappa shape index (κ3) is 4.37. The average Bonchev–Trinajstić information content (AvgIpc) is 2.45. The van der Waals surface area contributed by atoms with Crippen LogP contribution in [0.2, 0.25) is 10.0 Å². The molecule has 0 unspecified atom stereocenters. The lowest BCUT2D eigenvalue weighted by atomic mass is 10.2. The number of carbonyl (C=O) groups excluding carboxylic acids is 1. The Bertz CT molecular complexity index is 627. The van der Waals surface area contributed by atoms with Crippen molar-refractivity contribution in [2.24, 2.45) is 0 Å². The van der Waals surface area contributed by atoms with Gasteiger partial charge in [-0.1, -0.05) is 35.3 Å². The lowest BCUT2D eigenvalue weighted by Crippen LogP contribution is -2.24. The summed E-state index contributed by atoms with van der Waals surface area (Å²) in [6.45, 7) is 0.443. The zero-order valence-corrected chi connectivity index (χ0v) is 12.1. The average molecular weight is 308 g/mol. The molecule has 0 spiro atoms. The molecular formula is C15H13Cl2N2O+. The molecule has 0 saturated heterocycles. The maximum Gasteiger partial charge on any atom is 0.244 e. The first-order chi connectivity index (χ1) is 9.65. The molecule has 1 amide bonds. The molecule has 2 N–H and O–H groups in total. The summed E-state index contributed by atoms with van der Waals surface area (Å²) in [7, 11) is 0. The molecule has 0 bridgehead atoms. The molecule has 3 nitrogen and oxygen atoms in total. The molecule has 0 aliphatic heterocycles. The van der Waals surface area contributed by atoms with Crippen molar-refractivity contribution in [1.82, 2.24) is 5.32 Å². The van der Waals surface area contributed by atoms with Crippen molar-refractivity contribution >= 4 is 35.2 Å². The van der Waals surface area contributed by atoms with E-state index in [4.69, 9.17) is 23.2 Å². The Morgan fingerprint density at radius 1 is 1.25 bits per heavy atom. The van der Waals surface area contributed by atoms with Crippen molar-refractivity contribution in [3.05, 3.63) is 70.0 Å². The maximum atomic E-state index is 11.7. The van der Waals surface area contributed by atoms with Crippen molar-refractivity contribution in [2.45, 2.75) is 6.54 Å². The van der Waals surface area contributed by atoms with Crippen LogP contribution in [0.3, 0.4) is 0 Å². The summed E-state index contributed by atoms with van der Waals surface area (Å²) in [6.07, 6.45) is 4.91. The molecule has 0 fully saturated rings. The van der Waals surface area contributed by atoms with E-state index in [1.165, 1.54) is 6.08 Å². The van der Waals surface area contributed by atoms with Gasteiger partial charge in [0.05, 0.1) is 0 Å². The molecule has 0 aliphatic rings. The van der Waals surface area contributed by atoms with Gasteiger partial charge in [0.15, 0.2) is 11.9 Å². The topological polar surface area (TPSA) is 43.2 Å². The van der Waals surface area contributed by atoms with Crippen molar-refractivity contribution in [3.63, 3.8) is 0 Å². The van der Waals surface area contributed by atoms with Gasteiger partial charge in [0.2, 0.25) is 5.91 Å². The quantitative estimate of drug-likeness (QED) is 0.866. The normalized spacial score (nSPS) is 10.7. The van der Waals surface area contributed by atoms with E-state index in [2.05, 4.69) is 10.3 Å². The van der Waals surface area contributed by atoms with E-state index < -0.39 is 0 Å². The van der Waals surface area contributed by atoms with Crippen LogP contribution in [0.25, 0.3) is 6.08 Å². The van der Waals surface area contributed by atoms with E-state index in [1.54, 1.807) is 24.3 Å². The number of amides is 1. The number of carbonyl (C=O) groups is 1. The molecule has 2 rings (SSSR count). The smallest absolute Gasteiger partial charge is 0.244 e. The zero-order chi connectivity index (χ0) is 14.4. The standard InChI is InChI=1S/C15H12Cl2N2O/c16-12-6-4-11(14(17)9-12)5-7-15(20)19-10-13-3-1-2-8-18-13/h1-9H,10H2,(H,19,20)/p+1. The molecule has 1 aromatic carbocycles. The molecule has 0 saturated carbocycles. The fourth-order valence-electron chi connectivity index (χ4n) is 1.58. The highest BCUT2D eigenvalue weighted by Crippen LogP contribution is 2.21. The largest absolute Gasteiger partial charge is 0.342 e. The summed E-state index contributed by atoms with van der Waals surface area (Å²) in [5.74, 6) is -0.187. The van der Waals surface area contributed by atoms with Crippen LogP contribution in [0.5, 0.6) is 0 Å². The lowest BCUT2D eigenvalue weighted by Gasteiger charge is -2.00. The van der Waals surface area contributed by atoms with E-state index in [1.807, 2.05) is 24.4 Å². The van der Waals surface area contributed by atoms with Gasteiger partial charge in [-0.25, -0.2) is 4.98 Å². The molecule has 1 aromatic heterocycles. The zero-order valence-electron chi connectivity index (χ0n) is 10.6. The minimum atomic E-state index is -0.187. The summed E-state index contributed by atoms with van der Waals surface area (Å²) < 4.78 is 0. The molecule has 20 heavy (non-hydrogen) atoms. The van der Waals surface area contributed by atoms with Crippen molar-refractivity contribution in [2.75, 3.05) is 0 Å². The van der Waals surface area contributed by atoms with Gasteiger partial charge in [-0.05, 0) is 23.8 Å². The Balaban J connectivity index is 1.92. The summed E-state index contributed by atoms with van der Waals surface area (Å²) in [5, 5.41) is 3.85. The Morgan fingerprint density at radius 3 is 2.80 bits per heavy atom. The second kappa shape index (κ2) is 7.08. The SMILES string of the molecule is O=C(C=Cc1ccc(Cl)cc1Cl)NCc1cccc[nH+]1. The van der Waals surface area contributed by atoms with Gasteiger partial charge in [-0.2, -0.15) is 0 Å². The highest BCUT2D eigenvalue weighted by Gasteiger charge is 2.02. The second-order valence-corrected chi connectivity index (χ2v) is 4.95. The van der Waals surface area contributed by atoms with E-state index >= 15 is 0 Å². The predicted octanol–water partition coefficient (Wildman–Crippen LogP) is 3.14. The third-order valence-corrected chi connectivity index (χ3v) is 3.17. The van der Waals surface area contributed by atoms with Crippen LogP contribution in [0, 0.1) is 0 Å². The molecular weight excluding hydrogens is 295 g/mol. The van der Waals surface area contributed by atoms with E-state index in [9.17, 15) is 4.79 Å². The number of nitrogens with one attached hydrogen (secondary N) is 2. The molecule has 0 aliphatic carbocycles. The van der Waals surface area contributed by atoms with Gasteiger partial charge in [0, 0.05) is 28.3 Å². The molecule has 102 valence electrons. The van der Waals surface area contributed by atoms with Crippen LogP contribution < -0.4 is 10.3 Å². The molecule has 0 radical (unpaired) electrons. The number of hydrogen-bond acceptors (Lipinski definition) is 1. The molecule has 1 heterocycles. The molecule has 2 aromatic rings. The summed E-state index contributed by atoms with van der Waals surface area (Å²) in [6, 6.07) is 10.8. The lowest BCUT2D eigenvalue weighted by molar-refractivity contribution is -0.390. The Labute approximate surface area is 127 Å². The monoisotopic (exact) mass is 307 g/mol. The second-order valence-electron chi connectivity index (χ2n) is 4.10. The van der Waals surface area contributed by atoms with Gasteiger partial charge in [-0.15, -0.1) is 0 Å². The van der Waals surface area contributed by atoms with Crippen molar-refractivity contribution in [1.29, 1.82) is 0 Å². The Morgan fingerprint density at radius 2 is 2.10 bits per heavy atom. The predicted molar refractivity (Wildman–Crippen MR) is 80.3 cm³/mol. The fourth-order valence-corrected chi connectivity index (χ4v) is 2.06.